The minimum absolute atomic E-state index is 0.0734. The highest BCUT2D eigenvalue weighted by atomic mass is 79.9. The maximum absolute atomic E-state index is 15.8. The van der Waals surface area contributed by atoms with Crippen LogP contribution in [0.4, 0.5) is 8.78 Å². The Hall–Kier alpha value is -1.60. The molecule has 0 heterocycles. The van der Waals surface area contributed by atoms with Crippen LogP contribution in [-0.2, 0) is 0 Å². The normalized spacial score (nSPS) is 11.4. The van der Waals surface area contributed by atoms with Crippen molar-refractivity contribution in [1.29, 1.82) is 0 Å². The summed E-state index contributed by atoms with van der Waals surface area (Å²) in [5.41, 5.74) is 1.45. The van der Waals surface area contributed by atoms with Crippen molar-refractivity contribution in [3.63, 3.8) is 0 Å². The number of halogens is 6. The van der Waals surface area contributed by atoms with Crippen molar-refractivity contribution < 1.29 is 8.78 Å². The maximum Gasteiger partial charge on any atom is 0.147 e. The first-order valence-corrected chi connectivity index (χ1v) is 12.8. The van der Waals surface area contributed by atoms with Crippen LogP contribution in [0, 0.1) is 11.6 Å². The molecule has 0 bridgehead atoms. The lowest BCUT2D eigenvalue weighted by Gasteiger charge is -2.17. The highest BCUT2D eigenvalue weighted by molar-refractivity contribution is 9.11. The summed E-state index contributed by atoms with van der Waals surface area (Å²) in [5, 5.41) is 3.90. The number of benzene rings is 5. The van der Waals surface area contributed by atoms with Gasteiger partial charge in [-0.2, -0.15) is 0 Å². The number of rotatable bonds is 2. The van der Waals surface area contributed by atoms with E-state index < -0.39 is 11.6 Å². The van der Waals surface area contributed by atoms with Crippen molar-refractivity contribution >= 4 is 85.3 Å². The first-order chi connectivity index (χ1) is 15.4. The van der Waals surface area contributed by atoms with Gasteiger partial charge in [0.1, 0.15) is 11.6 Å². The fraction of sp³-hybridized carbons (Fsp3) is 0. The zero-order chi connectivity index (χ0) is 22.6. The van der Waals surface area contributed by atoms with Gasteiger partial charge in [-0.3, -0.25) is 0 Å². The summed E-state index contributed by atoms with van der Waals surface area (Å²) in [5.74, 6) is -1.08. The van der Waals surface area contributed by atoms with Crippen LogP contribution in [0.3, 0.4) is 0 Å². The molecule has 0 atom stereocenters. The van der Waals surface area contributed by atoms with Gasteiger partial charge in [0.2, 0.25) is 0 Å². The van der Waals surface area contributed by atoms with Gasteiger partial charge >= 0.3 is 0 Å². The van der Waals surface area contributed by atoms with E-state index in [0.29, 0.717) is 20.1 Å². The molecule has 0 saturated carbocycles. The molecule has 0 saturated heterocycles. The second kappa shape index (κ2) is 8.64. The first-order valence-electron chi connectivity index (χ1n) is 9.60. The molecule has 0 N–H and O–H groups in total. The summed E-state index contributed by atoms with van der Waals surface area (Å²) in [6.45, 7) is 0. The van der Waals surface area contributed by atoms with Gasteiger partial charge in [-0.05, 0) is 77.7 Å². The van der Waals surface area contributed by atoms with Gasteiger partial charge in [0.15, 0.2) is 0 Å². The van der Waals surface area contributed by atoms with Gasteiger partial charge in [-0.1, -0.05) is 80.4 Å². The van der Waals surface area contributed by atoms with E-state index in [4.69, 9.17) is 0 Å². The molecule has 32 heavy (non-hydrogen) atoms. The minimum atomic E-state index is -0.538. The van der Waals surface area contributed by atoms with Crippen molar-refractivity contribution in [2.45, 2.75) is 0 Å². The standard InChI is InChI=1S/C26H12Br4F2/c27-19-11-15-7-3-1-5-13(15)9-17(19)21-23(29)26(32)22(24(30)25(21)31)18-10-14-6-2-4-8-16(14)12-20(18)28/h1-12H. The molecule has 158 valence electrons. The number of hydrogen-bond acceptors (Lipinski definition) is 0. The monoisotopic (exact) mass is 678 g/mol. The van der Waals surface area contributed by atoms with Gasteiger partial charge in [0.25, 0.3) is 0 Å². The van der Waals surface area contributed by atoms with Crippen LogP contribution in [0.2, 0.25) is 0 Å². The lowest BCUT2D eigenvalue weighted by Crippen LogP contribution is -1.99. The van der Waals surface area contributed by atoms with Crippen LogP contribution in [0.5, 0.6) is 0 Å². The summed E-state index contributed by atoms with van der Waals surface area (Å²) in [6.07, 6.45) is 0. The van der Waals surface area contributed by atoms with Gasteiger partial charge in [-0.25, -0.2) is 8.78 Å². The Morgan fingerprint density at radius 3 is 1.12 bits per heavy atom. The molecule has 0 aliphatic carbocycles. The van der Waals surface area contributed by atoms with E-state index in [2.05, 4.69) is 63.7 Å². The predicted octanol–water partition coefficient (Wildman–Crippen LogP) is 10.7. The Balaban J connectivity index is 1.79. The Labute approximate surface area is 217 Å². The van der Waals surface area contributed by atoms with Crippen LogP contribution >= 0.6 is 63.7 Å². The van der Waals surface area contributed by atoms with E-state index in [9.17, 15) is 0 Å². The largest absolute Gasteiger partial charge is 0.205 e. The second-order valence-electron chi connectivity index (χ2n) is 7.36. The van der Waals surface area contributed by atoms with E-state index >= 15 is 8.78 Å². The number of hydrogen-bond donors (Lipinski definition) is 0. The van der Waals surface area contributed by atoms with E-state index in [0.717, 1.165) is 21.5 Å². The molecule has 0 radical (unpaired) electrons. The summed E-state index contributed by atoms with van der Waals surface area (Å²) >= 11 is 13.8. The van der Waals surface area contributed by atoms with Crippen molar-refractivity contribution in [3.05, 3.63) is 102 Å². The van der Waals surface area contributed by atoms with Crippen LogP contribution < -0.4 is 0 Å². The molecule has 0 amide bonds. The van der Waals surface area contributed by atoms with Crippen LogP contribution in [0.25, 0.3) is 43.8 Å². The molecule has 0 aromatic heterocycles. The Kier molecular flexibility index (Phi) is 5.99. The predicted molar refractivity (Wildman–Crippen MR) is 143 cm³/mol. The molecule has 0 unspecified atom stereocenters. The summed E-state index contributed by atoms with van der Waals surface area (Å²) < 4.78 is 33.2. The van der Waals surface area contributed by atoms with E-state index in [1.165, 1.54) is 0 Å². The fourth-order valence-electron chi connectivity index (χ4n) is 3.91. The smallest absolute Gasteiger partial charge is 0.147 e. The zero-order valence-electron chi connectivity index (χ0n) is 16.2. The highest BCUT2D eigenvalue weighted by Crippen LogP contribution is 2.47. The van der Waals surface area contributed by atoms with Gasteiger partial charge < -0.3 is 0 Å². The molecule has 0 nitrogen and oxygen atoms in total. The van der Waals surface area contributed by atoms with E-state index in [-0.39, 0.29) is 20.1 Å². The SMILES string of the molecule is Fc1c(Br)c(-c2cc3ccccc3cc2Br)c(F)c(Br)c1-c1cc2ccccc2cc1Br. The zero-order valence-corrected chi connectivity index (χ0v) is 22.5. The van der Waals surface area contributed by atoms with Crippen molar-refractivity contribution in [2.24, 2.45) is 0 Å². The Morgan fingerprint density at radius 2 is 0.781 bits per heavy atom. The lowest BCUT2D eigenvalue weighted by atomic mass is 9.96. The lowest BCUT2D eigenvalue weighted by molar-refractivity contribution is 0.595. The van der Waals surface area contributed by atoms with Crippen molar-refractivity contribution in [1.82, 2.24) is 0 Å². The van der Waals surface area contributed by atoms with Crippen LogP contribution in [0.15, 0.2) is 90.7 Å². The maximum atomic E-state index is 15.8. The first kappa shape index (κ1) is 22.2. The molecule has 5 aromatic rings. The summed E-state index contributed by atoms with van der Waals surface area (Å²) in [7, 11) is 0. The van der Waals surface area contributed by atoms with Crippen LogP contribution in [-0.4, -0.2) is 0 Å². The summed E-state index contributed by atoms with van der Waals surface area (Å²) in [4.78, 5) is 0. The van der Waals surface area contributed by atoms with Crippen LogP contribution in [0.1, 0.15) is 0 Å². The van der Waals surface area contributed by atoms with Gasteiger partial charge in [0, 0.05) is 31.2 Å². The third kappa shape index (κ3) is 3.65. The molecule has 0 aliphatic heterocycles. The van der Waals surface area contributed by atoms with Gasteiger partial charge in [0.05, 0.1) is 8.95 Å². The molecule has 6 heteroatoms. The fourth-order valence-corrected chi connectivity index (χ4v) is 6.20. The highest BCUT2D eigenvalue weighted by Gasteiger charge is 2.26. The molecule has 0 fully saturated rings. The van der Waals surface area contributed by atoms with Crippen molar-refractivity contribution in [3.8, 4) is 22.3 Å². The number of fused-ring (bicyclic) bond motifs is 2. The molecule has 5 aromatic carbocycles. The Morgan fingerprint density at radius 1 is 0.469 bits per heavy atom. The average Bonchev–Trinajstić information content (AvgIpc) is 2.78. The molecular weight excluding hydrogens is 670 g/mol. The molecule has 0 aliphatic rings. The summed E-state index contributed by atoms with van der Waals surface area (Å²) in [6, 6.07) is 23.1. The topological polar surface area (TPSA) is 0 Å². The quantitative estimate of drug-likeness (QED) is 0.163. The third-order valence-corrected chi connectivity index (χ3v) is 8.27. The average molecular weight is 682 g/mol. The second-order valence-corrected chi connectivity index (χ2v) is 10.7. The third-order valence-electron chi connectivity index (χ3n) is 5.47. The molecule has 5 rings (SSSR count). The minimum Gasteiger partial charge on any atom is -0.205 e. The van der Waals surface area contributed by atoms with E-state index in [1.54, 1.807) is 0 Å². The molecular formula is C26H12Br4F2. The van der Waals surface area contributed by atoms with Crippen molar-refractivity contribution in [2.75, 3.05) is 0 Å². The Bertz CT molecular complexity index is 1400. The van der Waals surface area contributed by atoms with Gasteiger partial charge in [-0.15, -0.1) is 0 Å². The molecule has 0 spiro atoms. The van der Waals surface area contributed by atoms with E-state index in [1.807, 2.05) is 72.8 Å².